The predicted molar refractivity (Wildman–Crippen MR) is 127 cm³/mol. The Kier molecular flexibility index (Phi) is 7.04. The molecule has 0 aliphatic heterocycles. The molecule has 7 heteroatoms. The zero-order valence-corrected chi connectivity index (χ0v) is 19.8. The van der Waals surface area contributed by atoms with Crippen LogP contribution in [0.1, 0.15) is 61.6 Å². The van der Waals surface area contributed by atoms with Gasteiger partial charge in [0, 0.05) is 10.9 Å². The molecular formula is C24H33N3O3S. The summed E-state index contributed by atoms with van der Waals surface area (Å²) in [5.74, 6) is 0.597. The number of fused-ring (bicyclic) bond motifs is 1. The number of benzene rings is 1. The van der Waals surface area contributed by atoms with E-state index in [-0.39, 0.29) is 23.7 Å². The van der Waals surface area contributed by atoms with E-state index in [2.05, 4.69) is 26.1 Å². The highest BCUT2D eigenvalue weighted by Gasteiger charge is 2.33. The van der Waals surface area contributed by atoms with Crippen molar-refractivity contribution in [3.05, 3.63) is 35.0 Å². The molecule has 0 spiro atoms. The number of carbonyl (C=O) groups excluding carboxylic acids is 2. The van der Waals surface area contributed by atoms with E-state index in [1.807, 2.05) is 26.0 Å². The van der Waals surface area contributed by atoms with Gasteiger partial charge in [-0.3, -0.25) is 14.9 Å². The van der Waals surface area contributed by atoms with Crippen molar-refractivity contribution in [2.24, 2.45) is 23.5 Å². The first-order valence-electron chi connectivity index (χ1n) is 11.0. The standard InChI is InChI=1S/C24H33N3O3S/c1-13(2)18-7-6-14(3)8-21(18)30-22(28)12-27-19-10-16(5)15(4)9-17(19)11-20(27)23(29)26-24(25)31/h9-11,13-14,18,21H,6-8,12H2,1-5H3,(H3,25,26,29,31). The summed E-state index contributed by atoms with van der Waals surface area (Å²) in [6, 6.07) is 5.78. The summed E-state index contributed by atoms with van der Waals surface area (Å²) in [6.07, 6.45) is 3.04. The third kappa shape index (κ3) is 5.26. The minimum absolute atomic E-state index is 0.0399. The van der Waals surface area contributed by atoms with Crippen LogP contribution >= 0.6 is 12.2 Å². The summed E-state index contributed by atoms with van der Waals surface area (Å²) < 4.78 is 7.69. The van der Waals surface area contributed by atoms with Gasteiger partial charge in [-0.1, -0.05) is 27.2 Å². The fourth-order valence-corrected chi connectivity index (χ4v) is 4.74. The molecule has 3 rings (SSSR count). The fourth-order valence-electron chi connectivity index (χ4n) is 4.65. The highest BCUT2D eigenvalue weighted by molar-refractivity contribution is 7.80. The van der Waals surface area contributed by atoms with Gasteiger partial charge in [-0.15, -0.1) is 0 Å². The van der Waals surface area contributed by atoms with Crippen molar-refractivity contribution in [2.75, 3.05) is 0 Å². The summed E-state index contributed by atoms with van der Waals surface area (Å²) >= 11 is 4.83. The lowest BCUT2D eigenvalue weighted by Gasteiger charge is -2.36. The molecule has 1 heterocycles. The van der Waals surface area contributed by atoms with Crippen molar-refractivity contribution < 1.29 is 14.3 Å². The minimum atomic E-state index is -0.432. The van der Waals surface area contributed by atoms with E-state index in [4.69, 9.17) is 22.7 Å². The van der Waals surface area contributed by atoms with Crippen molar-refractivity contribution >= 4 is 40.1 Å². The molecule has 1 saturated carbocycles. The van der Waals surface area contributed by atoms with Gasteiger partial charge in [0.2, 0.25) is 0 Å². The van der Waals surface area contributed by atoms with Gasteiger partial charge in [-0.25, -0.2) is 0 Å². The van der Waals surface area contributed by atoms with Crippen LogP contribution in [0.4, 0.5) is 0 Å². The van der Waals surface area contributed by atoms with E-state index in [1.54, 1.807) is 10.6 Å². The van der Waals surface area contributed by atoms with Gasteiger partial charge >= 0.3 is 5.97 Å². The largest absolute Gasteiger partial charge is 0.461 e. The Morgan fingerprint density at radius 1 is 1.23 bits per heavy atom. The van der Waals surface area contributed by atoms with E-state index in [1.165, 1.54) is 6.42 Å². The highest BCUT2D eigenvalue weighted by Crippen LogP contribution is 2.35. The minimum Gasteiger partial charge on any atom is -0.461 e. The predicted octanol–water partition coefficient (Wildman–Crippen LogP) is 4.24. The number of amides is 1. The Morgan fingerprint density at radius 2 is 1.90 bits per heavy atom. The maximum atomic E-state index is 13.0. The first-order valence-corrected chi connectivity index (χ1v) is 11.4. The van der Waals surface area contributed by atoms with Gasteiger partial charge in [-0.05, 0) is 86.0 Å². The summed E-state index contributed by atoms with van der Waals surface area (Å²) in [5.41, 5.74) is 8.85. The van der Waals surface area contributed by atoms with Gasteiger partial charge < -0.3 is 15.0 Å². The molecular weight excluding hydrogens is 410 g/mol. The number of esters is 1. The Hall–Kier alpha value is -2.41. The molecule has 1 fully saturated rings. The van der Waals surface area contributed by atoms with Crippen LogP contribution in [0.15, 0.2) is 18.2 Å². The van der Waals surface area contributed by atoms with E-state index in [0.717, 1.165) is 34.9 Å². The van der Waals surface area contributed by atoms with Crippen LogP contribution in [0.2, 0.25) is 0 Å². The molecule has 168 valence electrons. The number of carbonyl (C=O) groups is 2. The molecule has 3 atom stereocenters. The molecule has 1 aliphatic carbocycles. The van der Waals surface area contributed by atoms with Gasteiger partial charge in [0.05, 0.1) is 0 Å². The molecule has 31 heavy (non-hydrogen) atoms. The number of hydrogen-bond acceptors (Lipinski definition) is 4. The second-order valence-corrected chi connectivity index (χ2v) is 9.72. The second kappa shape index (κ2) is 9.39. The van der Waals surface area contributed by atoms with Crippen molar-refractivity contribution in [3.8, 4) is 0 Å². The molecule has 0 saturated heterocycles. The Bertz CT molecular complexity index is 1010. The normalized spacial score (nSPS) is 21.3. The number of nitrogens with one attached hydrogen (secondary N) is 1. The first kappa shape index (κ1) is 23.3. The maximum Gasteiger partial charge on any atom is 0.326 e. The molecule has 0 radical (unpaired) electrons. The number of nitrogens with zero attached hydrogens (tertiary/aromatic N) is 1. The van der Waals surface area contributed by atoms with Crippen molar-refractivity contribution in [3.63, 3.8) is 0 Å². The summed E-state index contributed by atoms with van der Waals surface area (Å²) in [6.45, 7) is 10.6. The van der Waals surface area contributed by atoms with Crippen LogP contribution in [-0.2, 0) is 16.1 Å². The van der Waals surface area contributed by atoms with E-state index >= 15 is 0 Å². The number of ether oxygens (including phenoxy) is 1. The van der Waals surface area contributed by atoms with Crippen LogP contribution in [0.5, 0.6) is 0 Å². The monoisotopic (exact) mass is 443 g/mol. The first-order chi connectivity index (χ1) is 14.6. The topological polar surface area (TPSA) is 86.4 Å². The van der Waals surface area contributed by atoms with Gasteiger partial charge in [0.15, 0.2) is 5.11 Å². The third-order valence-corrected chi connectivity index (χ3v) is 6.62. The Balaban J connectivity index is 1.91. The molecule has 0 bridgehead atoms. The van der Waals surface area contributed by atoms with Crippen LogP contribution in [-0.4, -0.2) is 27.7 Å². The van der Waals surface area contributed by atoms with Crippen LogP contribution in [0.3, 0.4) is 0 Å². The van der Waals surface area contributed by atoms with Gasteiger partial charge in [0.25, 0.3) is 5.91 Å². The smallest absolute Gasteiger partial charge is 0.326 e. The molecule has 1 aliphatic rings. The molecule has 1 amide bonds. The number of thiocarbonyl (C=S) groups is 1. The number of nitrogens with two attached hydrogens (primary N) is 1. The summed E-state index contributed by atoms with van der Waals surface area (Å²) in [5, 5.41) is 3.25. The molecule has 3 N–H and O–H groups in total. The van der Waals surface area contributed by atoms with E-state index in [9.17, 15) is 9.59 Å². The average molecular weight is 444 g/mol. The SMILES string of the molecule is Cc1cc2cc(C(=O)NC(N)=S)n(CC(=O)OC3CC(C)CCC3C(C)C)c2cc1C. The van der Waals surface area contributed by atoms with Crippen molar-refractivity contribution in [2.45, 2.75) is 66.5 Å². The number of aromatic nitrogens is 1. The molecule has 6 nitrogen and oxygen atoms in total. The van der Waals surface area contributed by atoms with Crippen LogP contribution in [0.25, 0.3) is 10.9 Å². The zero-order chi connectivity index (χ0) is 22.9. The molecule has 3 unspecified atom stereocenters. The summed E-state index contributed by atoms with van der Waals surface area (Å²) in [7, 11) is 0. The second-order valence-electron chi connectivity index (χ2n) is 9.28. The number of rotatable bonds is 5. The van der Waals surface area contributed by atoms with Crippen LogP contribution in [0, 0.1) is 31.6 Å². The van der Waals surface area contributed by atoms with E-state index < -0.39 is 5.91 Å². The van der Waals surface area contributed by atoms with Crippen molar-refractivity contribution in [1.82, 2.24) is 9.88 Å². The van der Waals surface area contributed by atoms with Crippen molar-refractivity contribution in [1.29, 1.82) is 0 Å². The van der Waals surface area contributed by atoms with E-state index in [0.29, 0.717) is 23.4 Å². The van der Waals surface area contributed by atoms with Gasteiger partial charge in [0.1, 0.15) is 18.3 Å². The molecule has 2 aromatic rings. The quantitative estimate of drug-likeness (QED) is 0.533. The van der Waals surface area contributed by atoms with Crippen LogP contribution < -0.4 is 11.1 Å². The number of aryl methyl sites for hydroxylation is 2. The summed E-state index contributed by atoms with van der Waals surface area (Å²) in [4.78, 5) is 25.7. The zero-order valence-electron chi connectivity index (χ0n) is 19.0. The molecule has 1 aromatic heterocycles. The third-order valence-electron chi connectivity index (χ3n) is 6.52. The Morgan fingerprint density at radius 3 is 2.55 bits per heavy atom. The maximum absolute atomic E-state index is 13.0. The number of hydrogen-bond donors (Lipinski definition) is 2. The fraction of sp³-hybridized carbons (Fsp3) is 0.542. The average Bonchev–Trinajstić information content (AvgIpc) is 2.98. The Labute approximate surface area is 189 Å². The lowest BCUT2D eigenvalue weighted by Crippen LogP contribution is -2.38. The lowest BCUT2D eigenvalue weighted by atomic mass is 9.75. The molecule has 1 aromatic carbocycles. The van der Waals surface area contributed by atoms with Gasteiger partial charge in [-0.2, -0.15) is 0 Å². The highest BCUT2D eigenvalue weighted by atomic mass is 32.1. The lowest BCUT2D eigenvalue weighted by molar-refractivity contribution is -0.156.